The van der Waals surface area contributed by atoms with E-state index < -0.39 is 28.9 Å². The molecule has 5 aromatic rings. The van der Waals surface area contributed by atoms with Gasteiger partial charge in [0, 0.05) is 27.4 Å². The molecule has 0 aromatic heterocycles. The van der Waals surface area contributed by atoms with Gasteiger partial charge in [0.05, 0.1) is 17.2 Å². The number of hydrogen-bond donors (Lipinski definition) is 3. The van der Waals surface area contributed by atoms with Crippen LogP contribution in [0.2, 0.25) is 5.02 Å². The lowest BCUT2D eigenvalue weighted by Crippen LogP contribution is -2.30. The first-order valence-corrected chi connectivity index (χ1v) is 16.7. The van der Waals surface area contributed by atoms with Crippen LogP contribution in [0.15, 0.2) is 138 Å². The maximum atomic E-state index is 14.7. The first-order chi connectivity index (χ1) is 24.2. The Labute approximate surface area is 297 Å². The summed E-state index contributed by atoms with van der Waals surface area (Å²) >= 11 is 7.52. The van der Waals surface area contributed by atoms with Crippen molar-refractivity contribution in [2.75, 3.05) is 17.2 Å². The van der Waals surface area contributed by atoms with Crippen LogP contribution in [0, 0.1) is 5.82 Å². The van der Waals surface area contributed by atoms with Gasteiger partial charge in [-0.2, -0.15) is 0 Å². The lowest BCUT2D eigenvalue weighted by Gasteiger charge is -2.18. The number of anilines is 2. The molecule has 0 spiro atoms. The molecule has 0 radical (unpaired) electrons. The van der Waals surface area contributed by atoms with Crippen molar-refractivity contribution >= 4 is 64.5 Å². The number of halogens is 2. The minimum Gasteiger partial charge on any atom is -0.462 e. The van der Waals surface area contributed by atoms with Gasteiger partial charge in [0.2, 0.25) is 5.91 Å². The zero-order valence-electron chi connectivity index (χ0n) is 26.7. The Bertz CT molecular complexity index is 1990. The number of thioether (sulfide) groups is 1. The number of benzene rings is 5. The van der Waals surface area contributed by atoms with Crippen LogP contribution in [-0.4, -0.2) is 30.3 Å². The van der Waals surface area contributed by atoms with Crippen LogP contribution in [0.1, 0.15) is 44.0 Å². The van der Waals surface area contributed by atoms with Crippen LogP contribution < -0.4 is 16.0 Å². The van der Waals surface area contributed by atoms with E-state index in [1.807, 2.05) is 30.3 Å². The highest BCUT2D eigenvalue weighted by atomic mass is 35.5. The Morgan fingerprint density at radius 3 is 2.02 bits per heavy atom. The summed E-state index contributed by atoms with van der Waals surface area (Å²) in [4.78, 5) is 52.7. The Morgan fingerprint density at radius 1 is 0.760 bits per heavy atom. The molecule has 11 heteroatoms. The molecule has 0 saturated heterocycles. The predicted molar refractivity (Wildman–Crippen MR) is 194 cm³/mol. The maximum absolute atomic E-state index is 14.7. The first kappa shape index (κ1) is 35.6. The molecule has 3 N–H and O–H groups in total. The van der Waals surface area contributed by atoms with Gasteiger partial charge < -0.3 is 20.7 Å². The summed E-state index contributed by atoms with van der Waals surface area (Å²) in [5.41, 5.74) is 2.08. The monoisotopic (exact) mass is 707 g/mol. The molecule has 0 aliphatic carbocycles. The third-order valence-corrected chi connectivity index (χ3v) is 8.78. The minimum absolute atomic E-state index is 0.0559. The zero-order chi connectivity index (χ0) is 35.5. The van der Waals surface area contributed by atoms with E-state index >= 15 is 0 Å². The summed E-state index contributed by atoms with van der Waals surface area (Å²) < 4.78 is 19.7. The van der Waals surface area contributed by atoms with Gasteiger partial charge in [0.25, 0.3) is 11.8 Å². The van der Waals surface area contributed by atoms with Crippen molar-refractivity contribution in [3.63, 3.8) is 0 Å². The van der Waals surface area contributed by atoms with Crippen molar-refractivity contribution in [2.24, 2.45) is 0 Å². The van der Waals surface area contributed by atoms with E-state index in [9.17, 15) is 23.6 Å². The summed E-state index contributed by atoms with van der Waals surface area (Å²) in [6.07, 6.45) is 1.19. The summed E-state index contributed by atoms with van der Waals surface area (Å²) in [5.74, 6) is -2.65. The first-order valence-electron chi connectivity index (χ1n) is 15.4. The van der Waals surface area contributed by atoms with Gasteiger partial charge in [0.15, 0.2) is 0 Å². The average molecular weight is 708 g/mol. The lowest BCUT2D eigenvalue weighted by atomic mass is 10.1. The Hall–Kier alpha value is -5.71. The Kier molecular flexibility index (Phi) is 12.2. The lowest BCUT2D eigenvalue weighted by molar-refractivity contribution is -0.116. The molecule has 0 saturated carbocycles. The van der Waals surface area contributed by atoms with Gasteiger partial charge in [-0.25, -0.2) is 9.18 Å². The van der Waals surface area contributed by atoms with E-state index in [0.29, 0.717) is 22.5 Å². The molecule has 1 unspecified atom stereocenters. The molecule has 0 aliphatic heterocycles. The number of amides is 3. The Balaban J connectivity index is 1.32. The Morgan fingerprint density at radius 2 is 1.38 bits per heavy atom. The van der Waals surface area contributed by atoms with Crippen LogP contribution in [0.4, 0.5) is 15.8 Å². The predicted octanol–water partition coefficient (Wildman–Crippen LogP) is 8.54. The fourth-order valence-electron chi connectivity index (χ4n) is 4.70. The number of rotatable bonds is 12. The van der Waals surface area contributed by atoms with Crippen molar-refractivity contribution in [1.82, 2.24) is 5.32 Å². The van der Waals surface area contributed by atoms with Gasteiger partial charge in [-0.15, -0.1) is 11.8 Å². The van der Waals surface area contributed by atoms with Crippen molar-refractivity contribution in [3.8, 4) is 0 Å². The molecule has 0 fully saturated rings. The summed E-state index contributed by atoms with van der Waals surface area (Å²) in [6.45, 7) is 1.99. The van der Waals surface area contributed by atoms with Crippen molar-refractivity contribution in [2.45, 2.75) is 17.1 Å². The highest BCUT2D eigenvalue weighted by Gasteiger charge is 2.23. The van der Waals surface area contributed by atoms with E-state index in [4.69, 9.17) is 16.3 Å². The highest BCUT2D eigenvalue weighted by molar-refractivity contribution is 8.00. The van der Waals surface area contributed by atoms with E-state index in [0.717, 1.165) is 10.5 Å². The number of nitrogens with one attached hydrogen (secondary N) is 3. The molecular formula is C39H31ClFN3O5S. The second-order valence-electron chi connectivity index (χ2n) is 10.7. The van der Waals surface area contributed by atoms with Crippen LogP contribution in [0.5, 0.6) is 0 Å². The highest BCUT2D eigenvalue weighted by Crippen LogP contribution is 2.37. The topological polar surface area (TPSA) is 114 Å². The van der Waals surface area contributed by atoms with E-state index in [-0.39, 0.29) is 28.8 Å². The number of carbonyl (C=O) groups excluding carboxylic acids is 4. The minimum atomic E-state index is -0.704. The van der Waals surface area contributed by atoms with E-state index in [1.165, 1.54) is 36.0 Å². The number of hydrogen-bond acceptors (Lipinski definition) is 6. The molecule has 8 nitrogen and oxygen atoms in total. The van der Waals surface area contributed by atoms with Gasteiger partial charge in [-0.05, 0) is 91.4 Å². The average Bonchev–Trinajstić information content (AvgIpc) is 3.13. The van der Waals surface area contributed by atoms with Crippen molar-refractivity contribution in [1.29, 1.82) is 0 Å². The van der Waals surface area contributed by atoms with Crippen molar-refractivity contribution < 1.29 is 28.3 Å². The normalized spacial score (nSPS) is 11.6. The quantitative estimate of drug-likeness (QED) is 0.0681. The van der Waals surface area contributed by atoms with Crippen LogP contribution >= 0.6 is 23.4 Å². The number of carbonyl (C=O) groups is 4. The second-order valence-corrected chi connectivity index (χ2v) is 12.3. The largest absolute Gasteiger partial charge is 0.462 e. The fraction of sp³-hybridized carbons (Fsp3) is 0.0769. The SMILES string of the molecule is CCOC(=O)c1ccc(NC(=O)C(Sc2ccc(NC(=O)/C(=C/c3c(F)cccc3Cl)NC(=O)c3ccccc3)cc2)c2ccccc2)cc1. The van der Waals surface area contributed by atoms with Crippen LogP contribution in [0.3, 0.4) is 0 Å². The molecule has 5 rings (SSSR count). The third kappa shape index (κ3) is 9.46. The molecule has 252 valence electrons. The second kappa shape index (κ2) is 17.1. The molecule has 5 aromatic carbocycles. The van der Waals surface area contributed by atoms with Crippen molar-refractivity contribution in [3.05, 3.63) is 166 Å². The van der Waals surface area contributed by atoms with Gasteiger partial charge in [0.1, 0.15) is 16.8 Å². The molecule has 50 heavy (non-hydrogen) atoms. The summed E-state index contributed by atoms with van der Waals surface area (Å²) in [7, 11) is 0. The third-order valence-electron chi connectivity index (χ3n) is 7.19. The number of ether oxygens (including phenoxy) is 1. The number of esters is 1. The van der Waals surface area contributed by atoms with Gasteiger partial charge in [-0.3, -0.25) is 14.4 Å². The summed E-state index contributed by atoms with van der Waals surface area (Å²) in [6, 6.07) is 34.9. The van der Waals surface area contributed by atoms with Crippen LogP contribution in [-0.2, 0) is 14.3 Å². The summed E-state index contributed by atoms with van der Waals surface area (Å²) in [5, 5.41) is 7.65. The molecular weight excluding hydrogens is 677 g/mol. The zero-order valence-corrected chi connectivity index (χ0v) is 28.3. The van der Waals surface area contributed by atoms with E-state index in [2.05, 4.69) is 16.0 Å². The molecule has 1 atom stereocenters. The standard InChI is InChI=1S/C39H31ClFN3O5S/c1-2-49-39(48)27-16-18-28(19-17-27)43-38(47)35(25-10-5-3-6-11-25)50-30-22-20-29(21-23-30)42-37(46)34(24-31-32(40)14-9-15-33(31)41)44-36(45)26-12-7-4-8-13-26/h3-24,35H,2H2,1H3,(H,42,46)(H,43,47)(H,44,45)/b34-24-. The molecule has 3 amide bonds. The molecule has 0 bridgehead atoms. The molecule has 0 aliphatic rings. The smallest absolute Gasteiger partial charge is 0.338 e. The van der Waals surface area contributed by atoms with Crippen LogP contribution in [0.25, 0.3) is 6.08 Å². The van der Waals surface area contributed by atoms with Gasteiger partial charge >= 0.3 is 5.97 Å². The van der Waals surface area contributed by atoms with Gasteiger partial charge in [-0.1, -0.05) is 66.2 Å². The maximum Gasteiger partial charge on any atom is 0.338 e. The van der Waals surface area contributed by atoms with E-state index in [1.54, 1.807) is 85.8 Å². The molecule has 0 heterocycles. The fourth-order valence-corrected chi connectivity index (χ4v) is 5.94.